The van der Waals surface area contributed by atoms with E-state index in [2.05, 4.69) is 10.3 Å². The van der Waals surface area contributed by atoms with Crippen molar-refractivity contribution in [2.24, 2.45) is 0 Å². The maximum Gasteiger partial charge on any atom is 0.359 e. The number of anilines is 1. The SMILES string of the molecule is COC(=O)c1ncn2c1C(=O)N(c1ccc(OC)cc1)C(C)(C(=O)NCc1ccccc1OC)C2. The molecular formula is C25H26N4O6. The molecule has 1 aliphatic heterocycles. The van der Waals surface area contributed by atoms with Crippen LogP contribution in [0, 0.1) is 0 Å². The van der Waals surface area contributed by atoms with Crippen LogP contribution in [-0.4, -0.2) is 54.2 Å². The minimum absolute atomic E-state index is 0.0580. The van der Waals surface area contributed by atoms with Gasteiger partial charge in [-0.1, -0.05) is 18.2 Å². The summed E-state index contributed by atoms with van der Waals surface area (Å²) in [4.78, 5) is 45.2. The van der Waals surface area contributed by atoms with Crippen LogP contribution in [0.15, 0.2) is 54.9 Å². The van der Waals surface area contributed by atoms with Crippen LogP contribution in [0.2, 0.25) is 0 Å². The molecule has 0 spiro atoms. The predicted molar refractivity (Wildman–Crippen MR) is 127 cm³/mol. The Kier molecular flexibility index (Phi) is 6.46. The average Bonchev–Trinajstić information content (AvgIpc) is 3.31. The first kappa shape index (κ1) is 23.8. The number of methoxy groups -OCH3 is 3. The van der Waals surface area contributed by atoms with Gasteiger partial charge in [-0.05, 0) is 37.3 Å². The van der Waals surface area contributed by atoms with Gasteiger partial charge in [-0.2, -0.15) is 0 Å². The third-order valence-electron chi connectivity index (χ3n) is 6.05. The number of nitrogens with one attached hydrogen (secondary N) is 1. The molecule has 0 saturated carbocycles. The summed E-state index contributed by atoms with van der Waals surface area (Å²) < 4.78 is 16.9. The molecule has 0 radical (unpaired) electrons. The molecule has 1 aromatic heterocycles. The van der Waals surface area contributed by atoms with E-state index in [-0.39, 0.29) is 30.4 Å². The van der Waals surface area contributed by atoms with Crippen molar-refractivity contribution in [2.45, 2.75) is 25.6 Å². The molecule has 3 aromatic rings. The molecule has 35 heavy (non-hydrogen) atoms. The maximum atomic E-state index is 13.8. The van der Waals surface area contributed by atoms with Crippen molar-refractivity contribution >= 4 is 23.5 Å². The van der Waals surface area contributed by atoms with Crippen LogP contribution in [0.4, 0.5) is 5.69 Å². The molecular weight excluding hydrogens is 452 g/mol. The summed E-state index contributed by atoms with van der Waals surface area (Å²) in [6.45, 7) is 1.95. The molecule has 2 heterocycles. The van der Waals surface area contributed by atoms with Gasteiger partial charge in [0.15, 0.2) is 5.69 Å². The average molecular weight is 479 g/mol. The van der Waals surface area contributed by atoms with Gasteiger partial charge in [-0.3, -0.25) is 14.5 Å². The Bertz CT molecular complexity index is 1270. The standard InChI is InChI=1S/C25H26N4O6/c1-25(24(32)26-13-16-7-5-6-8-19(16)34-3)14-28-15-27-20(23(31)35-4)21(28)22(30)29(25)17-9-11-18(33-2)12-10-17/h5-12,15H,13-14H2,1-4H3,(H,26,32). The van der Waals surface area contributed by atoms with Crippen LogP contribution in [0.5, 0.6) is 11.5 Å². The minimum atomic E-state index is -1.34. The molecule has 1 N–H and O–H groups in total. The number of fused-ring (bicyclic) bond motifs is 1. The van der Waals surface area contributed by atoms with E-state index in [0.29, 0.717) is 17.2 Å². The van der Waals surface area contributed by atoms with Gasteiger partial charge < -0.3 is 24.1 Å². The normalized spacial score (nSPS) is 16.9. The van der Waals surface area contributed by atoms with Crippen LogP contribution in [0.25, 0.3) is 0 Å². The zero-order chi connectivity index (χ0) is 25.2. The Morgan fingerprint density at radius 3 is 2.43 bits per heavy atom. The first-order chi connectivity index (χ1) is 16.8. The summed E-state index contributed by atoms with van der Waals surface area (Å²) in [5.41, 5.74) is -0.125. The van der Waals surface area contributed by atoms with Gasteiger partial charge >= 0.3 is 5.97 Å². The summed E-state index contributed by atoms with van der Waals surface area (Å²) in [5.74, 6) is -0.420. The Hall–Kier alpha value is -4.34. The number of rotatable bonds is 7. The highest BCUT2D eigenvalue weighted by Gasteiger charge is 2.49. The number of hydrogen-bond acceptors (Lipinski definition) is 7. The third kappa shape index (κ3) is 4.18. The molecule has 10 nitrogen and oxygen atoms in total. The van der Waals surface area contributed by atoms with E-state index in [1.54, 1.807) is 38.3 Å². The zero-order valence-electron chi connectivity index (χ0n) is 19.9. The summed E-state index contributed by atoms with van der Waals surface area (Å²) in [6.07, 6.45) is 1.37. The number of para-hydroxylation sites is 1. The van der Waals surface area contributed by atoms with E-state index >= 15 is 0 Å². The van der Waals surface area contributed by atoms with Gasteiger partial charge in [0.1, 0.15) is 22.7 Å². The molecule has 2 amide bonds. The summed E-state index contributed by atoms with van der Waals surface area (Å²) >= 11 is 0. The molecule has 0 saturated heterocycles. The quantitative estimate of drug-likeness (QED) is 0.519. The van der Waals surface area contributed by atoms with Gasteiger partial charge in [0.2, 0.25) is 5.91 Å². The number of carbonyl (C=O) groups is 3. The van der Waals surface area contributed by atoms with Crippen LogP contribution < -0.4 is 19.7 Å². The van der Waals surface area contributed by atoms with Crippen molar-refractivity contribution in [1.82, 2.24) is 14.9 Å². The number of ether oxygens (including phenoxy) is 3. The highest BCUT2D eigenvalue weighted by molar-refractivity contribution is 6.15. The fourth-order valence-electron chi connectivity index (χ4n) is 4.23. The zero-order valence-corrected chi connectivity index (χ0v) is 19.9. The van der Waals surface area contributed by atoms with E-state index in [4.69, 9.17) is 14.2 Å². The minimum Gasteiger partial charge on any atom is -0.497 e. The fourth-order valence-corrected chi connectivity index (χ4v) is 4.23. The number of hydrogen-bond donors (Lipinski definition) is 1. The molecule has 0 aliphatic carbocycles. The number of imidazole rings is 1. The van der Waals surface area contributed by atoms with Crippen LogP contribution in [0.1, 0.15) is 33.5 Å². The van der Waals surface area contributed by atoms with Crippen molar-refractivity contribution in [2.75, 3.05) is 26.2 Å². The van der Waals surface area contributed by atoms with Crippen LogP contribution >= 0.6 is 0 Å². The van der Waals surface area contributed by atoms with Crippen molar-refractivity contribution in [1.29, 1.82) is 0 Å². The van der Waals surface area contributed by atoms with Gasteiger partial charge in [0, 0.05) is 17.8 Å². The Labute approximate surface area is 202 Å². The topological polar surface area (TPSA) is 112 Å². The number of carbonyl (C=O) groups excluding carboxylic acids is 3. The fraction of sp³-hybridized carbons (Fsp3) is 0.280. The third-order valence-corrected chi connectivity index (χ3v) is 6.05. The van der Waals surface area contributed by atoms with E-state index in [1.165, 1.54) is 30.0 Å². The van der Waals surface area contributed by atoms with E-state index in [0.717, 1.165) is 5.56 Å². The van der Waals surface area contributed by atoms with E-state index in [1.807, 2.05) is 24.3 Å². The summed E-state index contributed by atoms with van der Waals surface area (Å²) in [7, 11) is 4.32. The lowest BCUT2D eigenvalue weighted by Crippen LogP contribution is -2.64. The second kappa shape index (κ2) is 9.49. The van der Waals surface area contributed by atoms with Crippen molar-refractivity contribution in [3.8, 4) is 11.5 Å². The molecule has 182 valence electrons. The lowest BCUT2D eigenvalue weighted by atomic mass is 9.93. The first-order valence-corrected chi connectivity index (χ1v) is 10.9. The molecule has 0 fully saturated rings. The van der Waals surface area contributed by atoms with Crippen molar-refractivity contribution < 1.29 is 28.6 Å². The molecule has 1 atom stereocenters. The second-order valence-corrected chi connectivity index (χ2v) is 8.17. The smallest absolute Gasteiger partial charge is 0.359 e. The molecule has 1 aliphatic rings. The van der Waals surface area contributed by atoms with Crippen LogP contribution in [-0.2, 0) is 22.6 Å². The number of aromatic nitrogens is 2. The Balaban J connectivity index is 1.74. The Morgan fingerprint density at radius 2 is 1.77 bits per heavy atom. The molecule has 0 bridgehead atoms. The predicted octanol–water partition coefficient (Wildman–Crippen LogP) is 2.42. The largest absolute Gasteiger partial charge is 0.497 e. The highest BCUT2D eigenvalue weighted by atomic mass is 16.5. The summed E-state index contributed by atoms with van der Waals surface area (Å²) in [6, 6.07) is 14.1. The second-order valence-electron chi connectivity index (χ2n) is 8.17. The molecule has 10 heteroatoms. The number of nitrogens with zero attached hydrogens (tertiary/aromatic N) is 3. The Morgan fingerprint density at radius 1 is 1.06 bits per heavy atom. The number of esters is 1. The number of benzene rings is 2. The summed E-state index contributed by atoms with van der Waals surface area (Å²) in [5, 5.41) is 2.94. The van der Waals surface area contributed by atoms with E-state index < -0.39 is 17.4 Å². The van der Waals surface area contributed by atoms with Crippen LogP contribution in [0.3, 0.4) is 0 Å². The van der Waals surface area contributed by atoms with Gasteiger partial charge in [-0.25, -0.2) is 9.78 Å². The van der Waals surface area contributed by atoms with E-state index in [9.17, 15) is 14.4 Å². The molecule has 1 unspecified atom stereocenters. The van der Waals surface area contributed by atoms with Crippen molar-refractivity contribution in [3.05, 3.63) is 71.8 Å². The van der Waals surface area contributed by atoms with Crippen molar-refractivity contribution in [3.63, 3.8) is 0 Å². The maximum absolute atomic E-state index is 13.8. The van der Waals surface area contributed by atoms with Gasteiger partial charge in [-0.15, -0.1) is 0 Å². The molecule has 2 aromatic carbocycles. The van der Waals surface area contributed by atoms with Gasteiger partial charge in [0.05, 0.1) is 34.2 Å². The highest BCUT2D eigenvalue weighted by Crippen LogP contribution is 2.34. The molecule has 4 rings (SSSR count). The monoisotopic (exact) mass is 478 g/mol. The lowest BCUT2D eigenvalue weighted by Gasteiger charge is -2.43. The number of amides is 2. The first-order valence-electron chi connectivity index (χ1n) is 10.9. The van der Waals surface area contributed by atoms with Gasteiger partial charge in [0.25, 0.3) is 5.91 Å². The lowest BCUT2D eigenvalue weighted by molar-refractivity contribution is -0.126.